The molecule has 0 radical (unpaired) electrons. The summed E-state index contributed by atoms with van der Waals surface area (Å²) in [4.78, 5) is 23.8. The van der Waals surface area contributed by atoms with Gasteiger partial charge in [-0.2, -0.15) is 0 Å². The normalized spacial score (nSPS) is 14.0. The van der Waals surface area contributed by atoms with Gasteiger partial charge in [0.05, 0.1) is 18.8 Å². The lowest BCUT2D eigenvalue weighted by molar-refractivity contribution is -0.274. The van der Waals surface area contributed by atoms with E-state index in [0.29, 0.717) is 35.2 Å². The van der Waals surface area contributed by atoms with Gasteiger partial charge in [0, 0.05) is 36.9 Å². The number of carbonyl (C=O) groups excluding carboxylic acids is 1. The largest absolute Gasteiger partial charge is 0.573 e. The van der Waals surface area contributed by atoms with Crippen LogP contribution < -0.4 is 15.0 Å². The summed E-state index contributed by atoms with van der Waals surface area (Å²) in [5.74, 6) is 0.694. The Balaban J connectivity index is 1.40. The van der Waals surface area contributed by atoms with Gasteiger partial charge in [-0.15, -0.1) is 24.9 Å². The van der Waals surface area contributed by atoms with E-state index in [1.807, 2.05) is 12.1 Å². The molecule has 3 heterocycles. The molecule has 2 aromatic heterocycles. The third kappa shape index (κ3) is 6.61. The average molecular weight is 491 g/mol. The maximum absolute atomic E-state index is 12.8. The van der Waals surface area contributed by atoms with Crippen molar-refractivity contribution in [2.75, 3.05) is 36.5 Å². The number of aromatic nitrogens is 2. The second-order valence-electron chi connectivity index (χ2n) is 7.29. The molecule has 0 bridgehead atoms. The summed E-state index contributed by atoms with van der Waals surface area (Å²) < 4.78 is 46.2. The molecule has 7 nitrogen and oxygen atoms in total. The predicted octanol–water partition coefficient (Wildman–Crippen LogP) is 4.76. The van der Waals surface area contributed by atoms with Crippen molar-refractivity contribution in [2.45, 2.75) is 17.1 Å². The lowest BCUT2D eigenvalue weighted by atomic mass is 10.2. The number of benzene rings is 1. The molecule has 178 valence electrons. The van der Waals surface area contributed by atoms with E-state index in [4.69, 9.17) is 4.74 Å². The molecular weight excluding hydrogens is 469 g/mol. The summed E-state index contributed by atoms with van der Waals surface area (Å²) in [7, 11) is 0. The zero-order chi connectivity index (χ0) is 24.0. The Hall–Kier alpha value is -3.31. The van der Waals surface area contributed by atoms with E-state index in [-0.39, 0.29) is 5.75 Å². The van der Waals surface area contributed by atoms with E-state index >= 15 is 0 Å². The number of nitrogens with one attached hydrogen (secondary N) is 1. The van der Waals surface area contributed by atoms with Crippen molar-refractivity contribution in [2.24, 2.45) is 0 Å². The van der Waals surface area contributed by atoms with E-state index in [0.717, 1.165) is 36.6 Å². The smallest absolute Gasteiger partial charge is 0.406 e. The van der Waals surface area contributed by atoms with Crippen LogP contribution in [-0.4, -0.2) is 48.5 Å². The molecule has 11 heteroatoms. The first-order valence-corrected chi connectivity index (χ1v) is 11.4. The fourth-order valence-electron chi connectivity index (χ4n) is 3.28. The Morgan fingerprint density at radius 3 is 2.59 bits per heavy atom. The van der Waals surface area contributed by atoms with Gasteiger partial charge in [0.25, 0.3) is 5.91 Å². The van der Waals surface area contributed by atoms with Gasteiger partial charge in [-0.3, -0.25) is 4.79 Å². The summed E-state index contributed by atoms with van der Waals surface area (Å²) in [6.45, 7) is 2.92. The van der Waals surface area contributed by atoms with Gasteiger partial charge in [0.2, 0.25) is 0 Å². The Labute approximate surface area is 198 Å². The molecule has 0 saturated carbocycles. The van der Waals surface area contributed by atoms with Crippen molar-refractivity contribution in [1.29, 1.82) is 0 Å². The van der Waals surface area contributed by atoms with Crippen LogP contribution in [0.2, 0.25) is 0 Å². The van der Waals surface area contributed by atoms with Crippen LogP contribution >= 0.6 is 11.8 Å². The number of halogens is 3. The van der Waals surface area contributed by atoms with Gasteiger partial charge in [-0.05, 0) is 54.1 Å². The Morgan fingerprint density at radius 1 is 1.09 bits per heavy atom. The van der Waals surface area contributed by atoms with Gasteiger partial charge in [-0.1, -0.05) is 0 Å². The van der Waals surface area contributed by atoms with Crippen LogP contribution in [-0.2, 0) is 10.5 Å². The number of hydrogen-bond donors (Lipinski definition) is 1. The number of anilines is 2. The van der Waals surface area contributed by atoms with Crippen molar-refractivity contribution in [3.63, 3.8) is 0 Å². The summed E-state index contributed by atoms with van der Waals surface area (Å²) in [6.07, 6.45) is -1.41. The molecule has 1 amide bonds. The van der Waals surface area contributed by atoms with Crippen molar-refractivity contribution in [3.8, 4) is 5.75 Å². The van der Waals surface area contributed by atoms with E-state index in [1.54, 1.807) is 24.5 Å². The van der Waals surface area contributed by atoms with E-state index in [1.165, 1.54) is 23.9 Å². The molecule has 0 aliphatic carbocycles. The number of ether oxygens (including phenoxy) is 2. The fraction of sp³-hybridized carbons (Fsp3) is 0.261. The zero-order valence-electron chi connectivity index (χ0n) is 17.9. The number of nitrogens with zero attached hydrogens (tertiary/aromatic N) is 3. The van der Waals surface area contributed by atoms with Crippen LogP contribution in [0.15, 0.2) is 66.0 Å². The number of alkyl halides is 3. The second kappa shape index (κ2) is 10.7. The van der Waals surface area contributed by atoms with Crippen LogP contribution in [0.4, 0.5) is 24.7 Å². The molecule has 3 aromatic rings. The van der Waals surface area contributed by atoms with Gasteiger partial charge in [-0.25, -0.2) is 9.97 Å². The number of thioether (sulfide) groups is 1. The van der Waals surface area contributed by atoms with Crippen molar-refractivity contribution < 1.29 is 27.4 Å². The van der Waals surface area contributed by atoms with E-state index < -0.39 is 12.3 Å². The van der Waals surface area contributed by atoms with Crippen LogP contribution in [0.5, 0.6) is 5.75 Å². The minimum atomic E-state index is -4.77. The van der Waals surface area contributed by atoms with Crippen LogP contribution in [0.25, 0.3) is 0 Å². The highest BCUT2D eigenvalue weighted by atomic mass is 32.2. The van der Waals surface area contributed by atoms with Crippen molar-refractivity contribution >= 4 is 29.2 Å². The predicted molar refractivity (Wildman–Crippen MR) is 122 cm³/mol. The Morgan fingerprint density at radius 2 is 1.85 bits per heavy atom. The third-order valence-electron chi connectivity index (χ3n) is 4.88. The van der Waals surface area contributed by atoms with Gasteiger partial charge in [0.1, 0.15) is 16.6 Å². The van der Waals surface area contributed by atoms with Crippen LogP contribution in [0, 0.1) is 0 Å². The molecule has 1 aromatic carbocycles. The highest BCUT2D eigenvalue weighted by Gasteiger charge is 2.31. The van der Waals surface area contributed by atoms with E-state index in [2.05, 4.69) is 24.9 Å². The number of rotatable bonds is 7. The average Bonchev–Trinajstić information content (AvgIpc) is 2.84. The van der Waals surface area contributed by atoms with Gasteiger partial charge >= 0.3 is 6.36 Å². The lowest BCUT2D eigenvalue weighted by Gasteiger charge is -2.28. The molecule has 0 spiro atoms. The molecule has 0 unspecified atom stereocenters. The molecule has 0 atom stereocenters. The van der Waals surface area contributed by atoms with Crippen molar-refractivity contribution in [1.82, 2.24) is 9.97 Å². The molecule has 1 saturated heterocycles. The number of carbonyl (C=O) groups is 1. The number of morpholine rings is 1. The first kappa shape index (κ1) is 23.8. The van der Waals surface area contributed by atoms with Crippen molar-refractivity contribution in [3.05, 3.63) is 72.1 Å². The number of hydrogen-bond acceptors (Lipinski definition) is 7. The molecular formula is C23H21F3N4O3S. The zero-order valence-corrected chi connectivity index (χ0v) is 18.7. The molecule has 1 fully saturated rings. The van der Waals surface area contributed by atoms with Crippen LogP contribution in [0.1, 0.15) is 15.9 Å². The minimum Gasteiger partial charge on any atom is -0.406 e. The highest BCUT2D eigenvalue weighted by Crippen LogP contribution is 2.27. The summed E-state index contributed by atoms with van der Waals surface area (Å²) in [5.41, 5.74) is 1.74. The van der Waals surface area contributed by atoms with E-state index in [9.17, 15) is 18.0 Å². The quantitative estimate of drug-likeness (QED) is 0.479. The van der Waals surface area contributed by atoms with Crippen LogP contribution in [0.3, 0.4) is 0 Å². The molecule has 4 rings (SSSR count). The summed E-state index contributed by atoms with van der Waals surface area (Å²) in [6, 6.07) is 12.2. The summed E-state index contributed by atoms with van der Waals surface area (Å²) >= 11 is 1.42. The maximum Gasteiger partial charge on any atom is 0.573 e. The minimum absolute atomic E-state index is 0.337. The second-order valence-corrected chi connectivity index (χ2v) is 8.26. The SMILES string of the molecule is O=C(Nc1ccc(OC(F)(F)F)cc1)c1cccnc1SCc1ccnc(N2CCOCC2)c1. The fourth-order valence-corrected chi connectivity index (χ4v) is 4.22. The first-order chi connectivity index (χ1) is 16.4. The monoisotopic (exact) mass is 490 g/mol. The molecule has 34 heavy (non-hydrogen) atoms. The third-order valence-corrected chi connectivity index (χ3v) is 5.96. The standard InChI is InChI=1S/C23H21F3N4O3S/c24-23(25,26)33-18-5-3-17(4-6-18)29-21(31)19-2-1-8-28-22(19)34-15-16-7-9-27-20(14-16)30-10-12-32-13-11-30/h1-9,14H,10-13,15H2,(H,29,31). The topological polar surface area (TPSA) is 76.6 Å². The Bertz CT molecular complexity index is 1120. The molecule has 1 aliphatic heterocycles. The Kier molecular flexibility index (Phi) is 7.53. The maximum atomic E-state index is 12.8. The number of pyridine rings is 2. The first-order valence-electron chi connectivity index (χ1n) is 10.4. The summed E-state index contributed by atoms with van der Waals surface area (Å²) in [5, 5.41) is 3.22. The lowest BCUT2D eigenvalue weighted by Crippen LogP contribution is -2.36. The highest BCUT2D eigenvalue weighted by molar-refractivity contribution is 7.98. The van der Waals surface area contributed by atoms with Gasteiger partial charge in [0.15, 0.2) is 0 Å². The number of amides is 1. The molecule has 1 N–H and O–H groups in total. The van der Waals surface area contributed by atoms with Gasteiger partial charge < -0.3 is 19.7 Å². The molecule has 1 aliphatic rings.